The van der Waals surface area contributed by atoms with Crippen LogP contribution in [0.3, 0.4) is 0 Å². The molecule has 2 aromatic heterocycles. The van der Waals surface area contributed by atoms with Gasteiger partial charge in [-0.15, -0.1) is 0 Å². The maximum Gasteiger partial charge on any atom is 0.126 e. The predicted octanol–water partition coefficient (Wildman–Crippen LogP) is 3.87. The highest BCUT2D eigenvalue weighted by atomic mass is 79.9. The van der Waals surface area contributed by atoms with Gasteiger partial charge in [-0.25, -0.2) is 4.98 Å². The molecule has 0 bridgehead atoms. The van der Waals surface area contributed by atoms with Crippen LogP contribution in [0.1, 0.15) is 11.1 Å². The van der Waals surface area contributed by atoms with Crippen LogP contribution in [0.4, 0.5) is 5.82 Å². The number of thiophene rings is 1. The molecule has 0 aliphatic heterocycles. The van der Waals surface area contributed by atoms with Gasteiger partial charge in [0.05, 0.1) is 0 Å². The molecule has 16 heavy (non-hydrogen) atoms. The van der Waals surface area contributed by atoms with Gasteiger partial charge in [0.1, 0.15) is 5.82 Å². The fourth-order valence-electron chi connectivity index (χ4n) is 1.41. The van der Waals surface area contributed by atoms with Crippen molar-refractivity contribution in [2.45, 2.75) is 13.3 Å². The van der Waals surface area contributed by atoms with E-state index >= 15 is 0 Å². The first-order chi connectivity index (χ1) is 7.75. The summed E-state index contributed by atoms with van der Waals surface area (Å²) in [7, 11) is 0. The molecule has 1 N–H and O–H groups in total. The van der Waals surface area contributed by atoms with Crippen molar-refractivity contribution in [2.75, 3.05) is 11.9 Å². The Labute approximate surface area is 108 Å². The molecule has 0 saturated carbocycles. The highest BCUT2D eigenvalue weighted by Crippen LogP contribution is 2.17. The molecule has 0 aliphatic carbocycles. The monoisotopic (exact) mass is 296 g/mol. The summed E-state index contributed by atoms with van der Waals surface area (Å²) in [5.74, 6) is 0.941. The number of anilines is 1. The van der Waals surface area contributed by atoms with Gasteiger partial charge in [0.25, 0.3) is 0 Å². The number of pyridine rings is 1. The van der Waals surface area contributed by atoms with Crippen molar-refractivity contribution >= 4 is 33.1 Å². The minimum atomic E-state index is 0.921. The van der Waals surface area contributed by atoms with Gasteiger partial charge in [-0.1, -0.05) is 0 Å². The maximum absolute atomic E-state index is 4.30. The minimum absolute atomic E-state index is 0.921. The standard InChI is InChI=1S/C12H13BrN2S/c1-9-6-12(15-7-11(9)13)14-4-2-10-3-5-16-8-10/h3,5-8H,2,4H2,1H3,(H,14,15). The van der Waals surface area contributed by atoms with Crippen molar-refractivity contribution < 1.29 is 0 Å². The van der Waals surface area contributed by atoms with Gasteiger partial charge in [0.15, 0.2) is 0 Å². The lowest BCUT2D eigenvalue weighted by atomic mass is 10.2. The third-order valence-electron chi connectivity index (χ3n) is 2.35. The minimum Gasteiger partial charge on any atom is -0.370 e. The molecule has 0 aliphatic rings. The van der Waals surface area contributed by atoms with Crippen molar-refractivity contribution in [3.05, 3.63) is 44.7 Å². The number of halogens is 1. The SMILES string of the molecule is Cc1cc(NCCc2ccsc2)ncc1Br. The Bertz CT molecular complexity index is 454. The molecule has 0 saturated heterocycles. The number of nitrogens with zero attached hydrogens (tertiary/aromatic N) is 1. The lowest BCUT2D eigenvalue weighted by Gasteiger charge is -2.06. The number of hydrogen-bond acceptors (Lipinski definition) is 3. The van der Waals surface area contributed by atoms with Crippen molar-refractivity contribution in [1.82, 2.24) is 4.98 Å². The summed E-state index contributed by atoms with van der Waals surface area (Å²) < 4.78 is 1.05. The first-order valence-electron chi connectivity index (χ1n) is 5.13. The van der Waals surface area contributed by atoms with E-state index < -0.39 is 0 Å². The van der Waals surface area contributed by atoms with Crippen molar-refractivity contribution in [3.8, 4) is 0 Å². The summed E-state index contributed by atoms with van der Waals surface area (Å²) in [4.78, 5) is 4.30. The number of aromatic nitrogens is 1. The average molecular weight is 297 g/mol. The largest absolute Gasteiger partial charge is 0.370 e. The molecular formula is C12H13BrN2S. The topological polar surface area (TPSA) is 24.9 Å². The zero-order valence-corrected chi connectivity index (χ0v) is 11.4. The van der Waals surface area contributed by atoms with E-state index in [1.165, 1.54) is 11.1 Å². The molecule has 2 nitrogen and oxygen atoms in total. The molecule has 0 amide bonds. The number of nitrogens with one attached hydrogen (secondary N) is 1. The molecule has 0 spiro atoms. The number of rotatable bonds is 4. The second kappa shape index (κ2) is 5.46. The zero-order chi connectivity index (χ0) is 11.4. The molecule has 84 valence electrons. The molecule has 4 heteroatoms. The van der Waals surface area contributed by atoms with Gasteiger partial charge in [-0.05, 0) is 63.3 Å². The van der Waals surface area contributed by atoms with Crippen LogP contribution in [0.2, 0.25) is 0 Å². The van der Waals surface area contributed by atoms with Crippen LogP contribution in [0.25, 0.3) is 0 Å². The Morgan fingerprint density at radius 2 is 2.38 bits per heavy atom. The summed E-state index contributed by atoms with van der Waals surface area (Å²) in [5.41, 5.74) is 2.58. The highest BCUT2D eigenvalue weighted by molar-refractivity contribution is 9.10. The molecular weight excluding hydrogens is 284 g/mol. The number of aryl methyl sites for hydroxylation is 1. The quantitative estimate of drug-likeness (QED) is 0.926. The zero-order valence-electron chi connectivity index (χ0n) is 9.03. The lowest BCUT2D eigenvalue weighted by Crippen LogP contribution is -2.05. The molecule has 2 aromatic rings. The van der Waals surface area contributed by atoms with Crippen LogP contribution >= 0.6 is 27.3 Å². The fraction of sp³-hybridized carbons (Fsp3) is 0.250. The third-order valence-corrected chi connectivity index (χ3v) is 3.91. The van der Waals surface area contributed by atoms with Crippen LogP contribution in [0.5, 0.6) is 0 Å². The Morgan fingerprint density at radius 3 is 3.06 bits per heavy atom. The normalized spacial score (nSPS) is 10.4. The van der Waals surface area contributed by atoms with E-state index in [1.54, 1.807) is 11.3 Å². The summed E-state index contributed by atoms with van der Waals surface area (Å²) in [6.07, 6.45) is 2.88. The summed E-state index contributed by atoms with van der Waals surface area (Å²) in [6.45, 7) is 2.99. The van der Waals surface area contributed by atoms with E-state index in [-0.39, 0.29) is 0 Å². The van der Waals surface area contributed by atoms with Gasteiger partial charge < -0.3 is 5.32 Å². The molecule has 2 rings (SSSR count). The molecule has 0 aromatic carbocycles. The van der Waals surface area contributed by atoms with Gasteiger partial charge in [-0.2, -0.15) is 11.3 Å². The second-order valence-corrected chi connectivity index (χ2v) is 5.26. The predicted molar refractivity (Wildman–Crippen MR) is 73.2 cm³/mol. The molecule has 2 heterocycles. The Kier molecular flexibility index (Phi) is 3.96. The van der Waals surface area contributed by atoms with E-state index in [0.717, 1.165) is 23.3 Å². The first kappa shape index (κ1) is 11.6. The molecule has 0 atom stereocenters. The van der Waals surface area contributed by atoms with Crippen molar-refractivity contribution in [1.29, 1.82) is 0 Å². The second-order valence-electron chi connectivity index (χ2n) is 3.63. The summed E-state index contributed by atoms with van der Waals surface area (Å²) in [5, 5.41) is 7.61. The van der Waals surface area contributed by atoms with Crippen LogP contribution in [-0.4, -0.2) is 11.5 Å². The van der Waals surface area contributed by atoms with Crippen LogP contribution in [0.15, 0.2) is 33.6 Å². The summed E-state index contributed by atoms with van der Waals surface area (Å²) >= 11 is 5.18. The fourth-order valence-corrected chi connectivity index (χ4v) is 2.33. The van der Waals surface area contributed by atoms with E-state index in [4.69, 9.17) is 0 Å². The van der Waals surface area contributed by atoms with Gasteiger partial charge in [-0.3, -0.25) is 0 Å². The Hall–Kier alpha value is -0.870. The molecule has 0 unspecified atom stereocenters. The highest BCUT2D eigenvalue weighted by Gasteiger charge is 1.98. The van der Waals surface area contributed by atoms with Crippen LogP contribution in [0, 0.1) is 6.92 Å². The smallest absolute Gasteiger partial charge is 0.126 e. The first-order valence-corrected chi connectivity index (χ1v) is 6.86. The number of hydrogen-bond donors (Lipinski definition) is 1. The summed E-state index contributed by atoms with van der Waals surface area (Å²) in [6, 6.07) is 4.21. The van der Waals surface area contributed by atoms with Crippen LogP contribution in [-0.2, 0) is 6.42 Å². The lowest BCUT2D eigenvalue weighted by molar-refractivity contribution is 1.01. The molecule has 0 fully saturated rings. The van der Waals surface area contributed by atoms with Crippen molar-refractivity contribution in [3.63, 3.8) is 0 Å². The third kappa shape index (κ3) is 3.06. The van der Waals surface area contributed by atoms with E-state index in [9.17, 15) is 0 Å². The Balaban J connectivity index is 1.87. The van der Waals surface area contributed by atoms with E-state index in [2.05, 4.69) is 56.0 Å². The van der Waals surface area contributed by atoms with Crippen molar-refractivity contribution in [2.24, 2.45) is 0 Å². The van der Waals surface area contributed by atoms with E-state index in [1.807, 2.05) is 6.20 Å². The van der Waals surface area contributed by atoms with Gasteiger partial charge in [0, 0.05) is 17.2 Å². The van der Waals surface area contributed by atoms with Crippen LogP contribution < -0.4 is 5.32 Å². The average Bonchev–Trinajstić information content (AvgIpc) is 2.76. The van der Waals surface area contributed by atoms with Gasteiger partial charge in [0.2, 0.25) is 0 Å². The maximum atomic E-state index is 4.30. The van der Waals surface area contributed by atoms with E-state index in [0.29, 0.717) is 0 Å². The molecule has 0 radical (unpaired) electrons. The van der Waals surface area contributed by atoms with Gasteiger partial charge >= 0.3 is 0 Å². The Morgan fingerprint density at radius 1 is 1.50 bits per heavy atom.